The van der Waals surface area contributed by atoms with Crippen LogP contribution >= 0.6 is 0 Å². The van der Waals surface area contributed by atoms with Crippen molar-refractivity contribution < 1.29 is 4.79 Å². The van der Waals surface area contributed by atoms with Gasteiger partial charge in [0.25, 0.3) is 0 Å². The van der Waals surface area contributed by atoms with Crippen molar-refractivity contribution in [3.05, 3.63) is 84.4 Å². The number of ketones is 1. The smallest absolute Gasteiger partial charge is 0.163 e. The summed E-state index contributed by atoms with van der Waals surface area (Å²) < 4.78 is 0. The van der Waals surface area contributed by atoms with E-state index in [1.165, 1.54) is 5.56 Å². The Kier molecular flexibility index (Phi) is 5.96. The summed E-state index contributed by atoms with van der Waals surface area (Å²) in [5.74, 6) is 0.474. The number of rotatable bonds is 8. The Balaban J connectivity index is 1.81. The van der Waals surface area contributed by atoms with Crippen LogP contribution < -0.4 is 0 Å². The maximum atomic E-state index is 12.2. The third kappa shape index (κ3) is 5.03. The van der Waals surface area contributed by atoms with E-state index in [9.17, 15) is 4.79 Å². The molecule has 0 aromatic heterocycles. The average Bonchev–Trinajstić information content (AvgIpc) is 2.55. The summed E-state index contributed by atoms with van der Waals surface area (Å²) in [5.41, 5.74) is 2.15. The van der Waals surface area contributed by atoms with Gasteiger partial charge < -0.3 is 0 Å². The van der Waals surface area contributed by atoms with Crippen molar-refractivity contribution in [2.75, 3.05) is 0 Å². The third-order valence-corrected chi connectivity index (χ3v) is 3.76. The summed E-state index contributed by atoms with van der Waals surface area (Å²) in [4.78, 5) is 12.2. The molecule has 1 atom stereocenters. The first-order valence-electron chi connectivity index (χ1n) is 7.54. The number of allylic oxidation sites excluding steroid dienone is 1. The Morgan fingerprint density at radius 3 is 2.24 bits per heavy atom. The fourth-order valence-electron chi connectivity index (χ4n) is 2.50. The van der Waals surface area contributed by atoms with Crippen molar-refractivity contribution in [3.63, 3.8) is 0 Å². The van der Waals surface area contributed by atoms with Gasteiger partial charge in [0.05, 0.1) is 0 Å². The fourth-order valence-corrected chi connectivity index (χ4v) is 2.50. The number of carbonyl (C=O) groups is 1. The molecule has 0 saturated carbocycles. The minimum atomic E-state index is 0.209. The second-order valence-electron chi connectivity index (χ2n) is 5.37. The standard InChI is InChI=1S/C20H22O/c1-2-17(12-9-13-18-10-5-3-6-11-18)16-20(21)19-14-7-4-8-15-19/h2-8,10-11,14-15,17H,1,9,12-13,16H2/t17-/m1/s1. The Hall–Kier alpha value is -2.15. The van der Waals surface area contributed by atoms with Crippen LogP contribution in [-0.4, -0.2) is 5.78 Å². The van der Waals surface area contributed by atoms with Crippen LogP contribution in [0.4, 0.5) is 0 Å². The highest BCUT2D eigenvalue weighted by molar-refractivity contribution is 5.96. The zero-order chi connectivity index (χ0) is 14.9. The number of hydrogen-bond acceptors (Lipinski definition) is 1. The molecule has 2 rings (SSSR count). The van der Waals surface area contributed by atoms with E-state index in [4.69, 9.17) is 0 Å². The van der Waals surface area contributed by atoms with Crippen LogP contribution in [-0.2, 0) is 6.42 Å². The Labute approximate surface area is 127 Å². The molecule has 0 radical (unpaired) electrons. The summed E-state index contributed by atoms with van der Waals surface area (Å²) in [6, 6.07) is 20.0. The van der Waals surface area contributed by atoms with E-state index >= 15 is 0 Å². The van der Waals surface area contributed by atoms with E-state index in [0.717, 1.165) is 24.8 Å². The van der Waals surface area contributed by atoms with Gasteiger partial charge in [-0.25, -0.2) is 0 Å². The van der Waals surface area contributed by atoms with E-state index in [-0.39, 0.29) is 11.7 Å². The van der Waals surface area contributed by atoms with Gasteiger partial charge in [0.2, 0.25) is 0 Å². The highest BCUT2D eigenvalue weighted by atomic mass is 16.1. The van der Waals surface area contributed by atoms with Crippen molar-refractivity contribution in [2.24, 2.45) is 5.92 Å². The molecule has 0 heterocycles. The normalized spacial score (nSPS) is 11.8. The molecule has 0 saturated heterocycles. The van der Waals surface area contributed by atoms with E-state index in [1.54, 1.807) is 0 Å². The molecule has 0 aliphatic heterocycles. The van der Waals surface area contributed by atoms with Crippen molar-refractivity contribution >= 4 is 5.78 Å². The van der Waals surface area contributed by atoms with Crippen LogP contribution in [0.5, 0.6) is 0 Å². The van der Waals surface area contributed by atoms with Crippen LogP contribution in [0.15, 0.2) is 73.3 Å². The van der Waals surface area contributed by atoms with Crippen LogP contribution in [0, 0.1) is 5.92 Å². The minimum Gasteiger partial charge on any atom is -0.294 e. The quantitative estimate of drug-likeness (QED) is 0.486. The van der Waals surface area contributed by atoms with Crippen LogP contribution in [0.3, 0.4) is 0 Å². The zero-order valence-corrected chi connectivity index (χ0v) is 12.4. The van der Waals surface area contributed by atoms with Crippen LogP contribution in [0.2, 0.25) is 0 Å². The van der Waals surface area contributed by atoms with E-state index in [0.29, 0.717) is 6.42 Å². The molecule has 0 bridgehead atoms. The number of carbonyl (C=O) groups excluding carboxylic acids is 1. The lowest BCUT2D eigenvalue weighted by Crippen LogP contribution is -2.07. The molecule has 21 heavy (non-hydrogen) atoms. The molecule has 2 aromatic rings. The zero-order valence-electron chi connectivity index (χ0n) is 12.4. The minimum absolute atomic E-state index is 0.209. The predicted octanol–water partition coefficient (Wildman–Crippen LogP) is 5.08. The van der Waals surface area contributed by atoms with Crippen LogP contribution in [0.25, 0.3) is 0 Å². The van der Waals surface area contributed by atoms with Crippen LogP contribution in [0.1, 0.15) is 35.2 Å². The molecule has 2 aromatic carbocycles. The number of Topliss-reactive ketones (excluding diaryl/α,β-unsaturated/α-hetero) is 1. The molecule has 0 N–H and O–H groups in total. The summed E-state index contributed by atoms with van der Waals surface area (Å²) in [7, 11) is 0. The Morgan fingerprint density at radius 2 is 1.62 bits per heavy atom. The van der Waals surface area contributed by atoms with E-state index in [2.05, 4.69) is 30.8 Å². The second kappa shape index (κ2) is 8.21. The van der Waals surface area contributed by atoms with Gasteiger partial charge in [-0.15, -0.1) is 6.58 Å². The Morgan fingerprint density at radius 1 is 1.00 bits per heavy atom. The van der Waals surface area contributed by atoms with Gasteiger partial charge in [-0.3, -0.25) is 4.79 Å². The van der Waals surface area contributed by atoms with Gasteiger partial charge in [-0.05, 0) is 30.7 Å². The number of benzene rings is 2. The predicted molar refractivity (Wildman–Crippen MR) is 88.5 cm³/mol. The van der Waals surface area contributed by atoms with Gasteiger partial charge >= 0.3 is 0 Å². The molecule has 1 nitrogen and oxygen atoms in total. The monoisotopic (exact) mass is 278 g/mol. The first-order chi connectivity index (χ1) is 10.3. The highest BCUT2D eigenvalue weighted by Crippen LogP contribution is 2.18. The van der Waals surface area contributed by atoms with Gasteiger partial charge in [-0.2, -0.15) is 0 Å². The SMILES string of the molecule is C=C[C@H](CCCc1ccccc1)CC(=O)c1ccccc1. The maximum absolute atomic E-state index is 12.2. The summed E-state index contributed by atoms with van der Waals surface area (Å²) in [6.45, 7) is 3.88. The lowest BCUT2D eigenvalue weighted by molar-refractivity contribution is 0.0967. The van der Waals surface area contributed by atoms with E-state index < -0.39 is 0 Å². The lowest BCUT2D eigenvalue weighted by Gasteiger charge is -2.11. The average molecular weight is 278 g/mol. The molecule has 0 aliphatic carbocycles. The molecule has 1 heteroatoms. The summed E-state index contributed by atoms with van der Waals surface area (Å²) >= 11 is 0. The number of hydrogen-bond donors (Lipinski definition) is 0. The second-order valence-corrected chi connectivity index (χ2v) is 5.37. The maximum Gasteiger partial charge on any atom is 0.163 e. The first-order valence-corrected chi connectivity index (χ1v) is 7.54. The largest absolute Gasteiger partial charge is 0.294 e. The number of aryl methyl sites for hydroxylation is 1. The Bertz CT molecular complexity index is 557. The molecule has 0 spiro atoms. The van der Waals surface area contributed by atoms with Crippen molar-refractivity contribution in [3.8, 4) is 0 Å². The molecular weight excluding hydrogens is 256 g/mol. The molecule has 0 fully saturated rings. The van der Waals surface area contributed by atoms with Gasteiger partial charge in [-0.1, -0.05) is 66.7 Å². The van der Waals surface area contributed by atoms with Crippen molar-refractivity contribution in [1.82, 2.24) is 0 Å². The topological polar surface area (TPSA) is 17.1 Å². The third-order valence-electron chi connectivity index (χ3n) is 3.76. The molecule has 0 aliphatic rings. The summed E-state index contributed by atoms with van der Waals surface area (Å²) in [5, 5.41) is 0. The fraction of sp³-hybridized carbons (Fsp3) is 0.250. The van der Waals surface area contributed by atoms with Gasteiger partial charge in [0, 0.05) is 12.0 Å². The molecule has 108 valence electrons. The first kappa shape index (κ1) is 15.2. The van der Waals surface area contributed by atoms with Gasteiger partial charge in [0.1, 0.15) is 0 Å². The summed E-state index contributed by atoms with van der Waals surface area (Å²) in [6.07, 6.45) is 5.64. The molecule has 0 amide bonds. The lowest BCUT2D eigenvalue weighted by atomic mass is 9.93. The van der Waals surface area contributed by atoms with E-state index in [1.807, 2.05) is 42.5 Å². The molecular formula is C20H22O. The highest BCUT2D eigenvalue weighted by Gasteiger charge is 2.12. The van der Waals surface area contributed by atoms with Crippen molar-refractivity contribution in [2.45, 2.75) is 25.7 Å². The van der Waals surface area contributed by atoms with Crippen molar-refractivity contribution in [1.29, 1.82) is 0 Å². The van der Waals surface area contributed by atoms with Gasteiger partial charge in [0.15, 0.2) is 5.78 Å². The molecule has 0 unspecified atom stereocenters.